The standard InChI is InChI=1S/C14H11ClOS/c1-10-5-2-3-8-13(10)17-14-11(9-16)6-4-7-12(14)15/h2-9H,1H3. The molecule has 0 radical (unpaired) electrons. The summed E-state index contributed by atoms with van der Waals surface area (Å²) in [6, 6.07) is 13.4. The van der Waals surface area contributed by atoms with Crippen LogP contribution in [0.15, 0.2) is 52.3 Å². The van der Waals surface area contributed by atoms with Crippen molar-refractivity contribution < 1.29 is 4.79 Å². The van der Waals surface area contributed by atoms with Gasteiger partial charge < -0.3 is 0 Å². The largest absolute Gasteiger partial charge is 0.298 e. The SMILES string of the molecule is Cc1ccccc1Sc1c(Cl)cccc1C=O. The lowest BCUT2D eigenvalue weighted by Crippen LogP contribution is -1.87. The molecule has 2 aromatic rings. The molecule has 0 heterocycles. The monoisotopic (exact) mass is 262 g/mol. The Hall–Kier alpha value is -1.25. The van der Waals surface area contributed by atoms with Gasteiger partial charge in [0.05, 0.1) is 5.02 Å². The van der Waals surface area contributed by atoms with E-state index < -0.39 is 0 Å². The van der Waals surface area contributed by atoms with E-state index in [1.807, 2.05) is 31.2 Å². The van der Waals surface area contributed by atoms with Gasteiger partial charge in [0.2, 0.25) is 0 Å². The Bertz CT molecular complexity index is 552. The van der Waals surface area contributed by atoms with E-state index in [1.165, 1.54) is 17.3 Å². The Morgan fingerprint density at radius 1 is 1.12 bits per heavy atom. The molecule has 0 saturated carbocycles. The third kappa shape index (κ3) is 2.71. The minimum atomic E-state index is 0.614. The van der Waals surface area contributed by atoms with Crippen LogP contribution in [0.5, 0.6) is 0 Å². The topological polar surface area (TPSA) is 17.1 Å². The summed E-state index contributed by atoms with van der Waals surface area (Å²) in [4.78, 5) is 12.9. The Morgan fingerprint density at radius 3 is 2.59 bits per heavy atom. The molecule has 0 N–H and O–H groups in total. The molecule has 0 aromatic heterocycles. The molecule has 0 saturated heterocycles. The first-order valence-electron chi connectivity index (χ1n) is 5.19. The van der Waals surface area contributed by atoms with Crippen LogP contribution < -0.4 is 0 Å². The zero-order chi connectivity index (χ0) is 12.3. The van der Waals surface area contributed by atoms with Gasteiger partial charge in [-0.15, -0.1) is 0 Å². The summed E-state index contributed by atoms with van der Waals surface area (Å²) in [6.07, 6.45) is 0.840. The molecule has 86 valence electrons. The minimum absolute atomic E-state index is 0.614. The molecule has 0 fully saturated rings. The maximum absolute atomic E-state index is 11.0. The molecule has 0 aliphatic heterocycles. The lowest BCUT2D eigenvalue weighted by molar-refractivity contribution is 0.112. The van der Waals surface area contributed by atoms with Crippen LogP contribution in [0.3, 0.4) is 0 Å². The van der Waals surface area contributed by atoms with Crippen LogP contribution in [0.25, 0.3) is 0 Å². The number of rotatable bonds is 3. The van der Waals surface area contributed by atoms with Crippen molar-refractivity contribution in [3.05, 3.63) is 58.6 Å². The Kier molecular flexibility index (Phi) is 3.87. The van der Waals surface area contributed by atoms with Crippen molar-refractivity contribution >= 4 is 29.6 Å². The fourth-order valence-corrected chi connectivity index (χ4v) is 2.80. The smallest absolute Gasteiger partial charge is 0.151 e. The molecular weight excluding hydrogens is 252 g/mol. The summed E-state index contributed by atoms with van der Waals surface area (Å²) in [5.74, 6) is 0. The molecule has 0 unspecified atom stereocenters. The summed E-state index contributed by atoms with van der Waals surface area (Å²) < 4.78 is 0. The Morgan fingerprint density at radius 2 is 1.88 bits per heavy atom. The zero-order valence-corrected chi connectivity index (χ0v) is 10.9. The first-order chi connectivity index (χ1) is 8.22. The van der Waals surface area contributed by atoms with E-state index in [1.54, 1.807) is 18.2 Å². The lowest BCUT2D eigenvalue weighted by atomic mass is 10.2. The van der Waals surface area contributed by atoms with Crippen molar-refractivity contribution in [2.75, 3.05) is 0 Å². The maximum atomic E-state index is 11.0. The summed E-state index contributed by atoms with van der Waals surface area (Å²) >= 11 is 7.66. The molecule has 0 aliphatic carbocycles. The molecule has 0 bridgehead atoms. The third-order valence-corrected chi connectivity index (χ3v) is 4.19. The number of halogens is 1. The van der Waals surface area contributed by atoms with Gasteiger partial charge >= 0.3 is 0 Å². The number of aldehydes is 1. The van der Waals surface area contributed by atoms with E-state index in [2.05, 4.69) is 0 Å². The minimum Gasteiger partial charge on any atom is -0.298 e. The molecule has 0 amide bonds. The first kappa shape index (κ1) is 12.2. The van der Waals surface area contributed by atoms with Gasteiger partial charge in [0.1, 0.15) is 0 Å². The van der Waals surface area contributed by atoms with E-state index in [0.717, 1.165) is 16.1 Å². The van der Waals surface area contributed by atoms with E-state index in [9.17, 15) is 4.79 Å². The molecule has 0 atom stereocenters. The predicted molar refractivity (Wildman–Crippen MR) is 72.1 cm³/mol. The van der Waals surface area contributed by atoms with Gasteiger partial charge in [-0.3, -0.25) is 4.79 Å². The van der Waals surface area contributed by atoms with Crippen LogP contribution in [0, 0.1) is 6.92 Å². The number of aryl methyl sites for hydroxylation is 1. The number of hydrogen-bond donors (Lipinski definition) is 0. The van der Waals surface area contributed by atoms with Crippen LogP contribution in [0.4, 0.5) is 0 Å². The number of benzene rings is 2. The second kappa shape index (κ2) is 5.39. The molecule has 1 nitrogen and oxygen atoms in total. The van der Waals surface area contributed by atoms with Gasteiger partial charge in [-0.1, -0.05) is 53.7 Å². The van der Waals surface area contributed by atoms with Crippen molar-refractivity contribution in [1.29, 1.82) is 0 Å². The summed E-state index contributed by atoms with van der Waals surface area (Å²) in [7, 11) is 0. The first-order valence-corrected chi connectivity index (χ1v) is 6.39. The predicted octanol–water partition coefficient (Wildman–Crippen LogP) is 4.61. The second-order valence-electron chi connectivity index (χ2n) is 3.64. The average molecular weight is 263 g/mol. The highest BCUT2D eigenvalue weighted by atomic mass is 35.5. The van der Waals surface area contributed by atoms with Crippen molar-refractivity contribution in [3.8, 4) is 0 Å². The maximum Gasteiger partial charge on any atom is 0.151 e. The van der Waals surface area contributed by atoms with Crippen LogP contribution in [-0.4, -0.2) is 6.29 Å². The Labute approximate surface area is 110 Å². The normalized spacial score (nSPS) is 10.2. The van der Waals surface area contributed by atoms with E-state index >= 15 is 0 Å². The molecule has 0 aliphatic rings. The van der Waals surface area contributed by atoms with Gasteiger partial charge in [0.25, 0.3) is 0 Å². The van der Waals surface area contributed by atoms with Crippen molar-refractivity contribution in [3.63, 3.8) is 0 Å². The summed E-state index contributed by atoms with van der Waals surface area (Å²) in [6.45, 7) is 2.04. The molecule has 2 rings (SSSR count). The number of hydrogen-bond acceptors (Lipinski definition) is 2. The van der Waals surface area contributed by atoms with Crippen molar-refractivity contribution in [2.24, 2.45) is 0 Å². The van der Waals surface area contributed by atoms with Gasteiger partial charge in [-0.25, -0.2) is 0 Å². The van der Waals surface area contributed by atoms with Crippen LogP contribution in [0.2, 0.25) is 5.02 Å². The number of carbonyl (C=O) groups is 1. The van der Waals surface area contributed by atoms with Gasteiger partial charge in [0, 0.05) is 15.4 Å². The molecule has 17 heavy (non-hydrogen) atoms. The van der Waals surface area contributed by atoms with Crippen molar-refractivity contribution in [1.82, 2.24) is 0 Å². The lowest BCUT2D eigenvalue weighted by Gasteiger charge is -2.08. The second-order valence-corrected chi connectivity index (χ2v) is 5.10. The van der Waals surface area contributed by atoms with Gasteiger partial charge in [-0.05, 0) is 24.6 Å². The van der Waals surface area contributed by atoms with Gasteiger partial charge in [-0.2, -0.15) is 0 Å². The van der Waals surface area contributed by atoms with Crippen LogP contribution >= 0.6 is 23.4 Å². The molecule has 0 spiro atoms. The quantitative estimate of drug-likeness (QED) is 0.752. The summed E-state index contributed by atoms with van der Waals surface area (Å²) in [5, 5.41) is 0.614. The van der Waals surface area contributed by atoms with E-state index in [-0.39, 0.29) is 0 Å². The van der Waals surface area contributed by atoms with Gasteiger partial charge in [0.15, 0.2) is 6.29 Å². The zero-order valence-electron chi connectivity index (χ0n) is 9.31. The fraction of sp³-hybridized carbons (Fsp3) is 0.0714. The Balaban J connectivity index is 2.43. The van der Waals surface area contributed by atoms with E-state index in [4.69, 9.17) is 11.6 Å². The fourth-order valence-electron chi connectivity index (χ4n) is 1.51. The third-order valence-electron chi connectivity index (χ3n) is 2.43. The number of carbonyl (C=O) groups excluding carboxylic acids is 1. The highest BCUT2D eigenvalue weighted by Gasteiger charge is 2.09. The van der Waals surface area contributed by atoms with E-state index in [0.29, 0.717) is 10.6 Å². The average Bonchev–Trinajstić information content (AvgIpc) is 2.34. The molecule has 3 heteroatoms. The molecular formula is C14H11ClOS. The highest BCUT2D eigenvalue weighted by Crippen LogP contribution is 2.36. The summed E-state index contributed by atoms with van der Waals surface area (Å²) in [5.41, 5.74) is 1.81. The van der Waals surface area contributed by atoms with Crippen molar-refractivity contribution in [2.45, 2.75) is 16.7 Å². The molecule has 2 aromatic carbocycles. The van der Waals surface area contributed by atoms with Crippen LogP contribution in [-0.2, 0) is 0 Å². The van der Waals surface area contributed by atoms with Crippen LogP contribution in [0.1, 0.15) is 15.9 Å². The highest BCUT2D eigenvalue weighted by molar-refractivity contribution is 7.99.